The number of benzene rings is 3. The van der Waals surface area contributed by atoms with Gasteiger partial charge in [-0.15, -0.1) is 0 Å². The first-order valence-electron chi connectivity index (χ1n) is 10.1. The van der Waals surface area contributed by atoms with Crippen molar-refractivity contribution in [2.45, 2.75) is 25.2 Å². The van der Waals surface area contributed by atoms with Crippen molar-refractivity contribution >= 4 is 23.1 Å². The maximum Gasteiger partial charge on any atom is 0.277 e. The summed E-state index contributed by atoms with van der Waals surface area (Å²) in [6, 6.07) is 25.5. The zero-order chi connectivity index (χ0) is 22.0. The second kappa shape index (κ2) is 8.26. The van der Waals surface area contributed by atoms with Crippen molar-refractivity contribution in [2.24, 2.45) is 16.5 Å². The summed E-state index contributed by atoms with van der Waals surface area (Å²) in [4.78, 5) is 33.0. The van der Waals surface area contributed by atoms with Crippen LogP contribution in [0.2, 0.25) is 0 Å². The van der Waals surface area contributed by atoms with E-state index < -0.39 is 23.4 Å². The number of nitrogens with two attached hydrogens (primary N) is 2. The van der Waals surface area contributed by atoms with Gasteiger partial charge in [-0.25, -0.2) is 4.99 Å². The average molecular weight is 412 g/mol. The number of carbonyl (C=O) groups excluding carboxylic acids is 2. The molecule has 3 aromatic carbocycles. The number of anilines is 1. The molecular formula is C25H24N4O2. The Morgan fingerprint density at radius 3 is 2.19 bits per heavy atom. The van der Waals surface area contributed by atoms with Gasteiger partial charge in [-0.3, -0.25) is 15.3 Å². The first kappa shape index (κ1) is 20.7. The Morgan fingerprint density at radius 2 is 1.55 bits per heavy atom. The van der Waals surface area contributed by atoms with Gasteiger partial charge in [-0.05, 0) is 18.6 Å². The monoisotopic (exact) mass is 412 g/mol. The smallest absolute Gasteiger partial charge is 0.277 e. The van der Waals surface area contributed by atoms with Crippen LogP contribution in [0.25, 0.3) is 0 Å². The van der Waals surface area contributed by atoms with Crippen LogP contribution in [0.15, 0.2) is 89.9 Å². The van der Waals surface area contributed by atoms with Crippen molar-refractivity contribution in [1.29, 1.82) is 0 Å². The standard InChI is InChI=1S/C25H24N4O2/c1-17(26)23(30)25(27)24(31)29(16-18-10-4-2-5-11-18)21-15-9-8-14-20(21)22(28-25)19-12-6-3-7-13-19/h2-15,17H,16,26-27H2,1H3/t17-,25?/m0/s1. The summed E-state index contributed by atoms with van der Waals surface area (Å²) in [5, 5.41) is 0. The predicted octanol–water partition coefficient (Wildman–Crippen LogP) is 2.64. The summed E-state index contributed by atoms with van der Waals surface area (Å²) in [6.45, 7) is 1.76. The second-order valence-electron chi connectivity index (χ2n) is 7.64. The molecule has 0 aliphatic carbocycles. The second-order valence-corrected chi connectivity index (χ2v) is 7.64. The normalized spacial score (nSPS) is 19.3. The Morgan fingerprint density at radius 1 is 0.968 bits per heavy atom. The van der Waals surface area contributed by atoms with Gasteiger partial charge in [0.2, 0.25) is 11.4 Å². The van der Waals surface area contributed by atoms with Crippen LogP contribution in [0.5, 0.6) is 0 Å². The van der Waals surface area contributed by atoms with Crippen LogP contribution in [0.3, 0.4) is 0 Å². The van der Waals surface area contributed by atoms with Gasteiger partial charge in [0.25, 0.3) is 5.91 Å². The van der Waals surface area contributed by atoms with E-state index in [1.54, 1.807) is 0 Å². The lowest BCUT2D eigenvalue weighted by molar-refractivity contribution is -0.134. The lowest BCUT2D eigenvalue weighted by atomic mass is 9.98. The predicted molar refractivity (Wildman–Crippen MR) is 122 cm³/mol. The Balaban J connectivity index is 1.96. The molecule has 31 heavy (non-hydrogen) atoms. The largest absolute Gasteiger partial charge is 0.322 e. The number of carbonyl (C=O) groups is 2. The molecule has 0 spiro atoms. The molecule has 156 valence electrons. The highest BCUT2D eigenvalue weighted by molar-refractivity contribution is 6.26. The molecular weight excluding hydrogens is 388 g/mol. The quantitative estimate of drug-likeness (QED) is 0.629. The molecule has 4 rings (SSSR count). The van der Waals surface area contributed by atoms with Crippen molar-refractivity contribution in [3.63, 3.8) is 0 Å². The van der Waals surface area contributed by atoms with E-state index in [1.165, 1.54) is 11.8 Å². The number of hydrogen-bond donors (Lipinski definition) is 2. The van der Waals surface area contributed by atoms with Crippen LogP contribution in [0.1, 0.15) is 23.6 Å². The molecule has 6 nitrogen and oxygen atoms in total. The fourth-order valence-electron chi connectivity index (χ4n) is 3.76. The molecule has 0 saturated heterocycles. The summed E-state index contributed by atoms with van der Waals surface area (Å²) < 4.78 is 0. The Bertz CT molecular complexity index is 1140. The van der Waals surface area contributed by atoms with Gasteiger partial charge in [-0.2, -0.15) is 0 Å². The number of nitrogens with zero attached hydrogens (tertiary/aromatic N) is 2. The number of ketones is 1. The fraction of sp³-hybridized carbons (Fsp3) is 0.160. The van der Waals surface area contributed by atoms with Gasteiger partial charge in [0, 0.05) is 11.1 Å². The minimum Gasteiger partial charge on any atom is -0.322 e. The van der Waals surface area contributed by atoms with Gasteiger partial charge in [0.15, 0.2) is 0 Å². The molecule has 1 amide bonds. The number of Topliss-reactive ketones (excluding diaryl/α,β-unsaturated/α-hetero) is 1. The number of hydrogen-bond acceptors (Lipinski definition) is 5. The lowest BCUT2D eigenvalue weighted by Gasteiger charge is -2.30. The van der Waals surface area contributed by atoms with Crippen LogP contribution in [0, 0.1) is 0 Å². The molecule has 6 heteroatoms. The molecule has 1 unspecified atom stereocenters. The van der Waals surface area contributed by atoms with E-state index in [0.29, 0.717) is 11.4 Å². The topological polar surface area (TPSA) is 102 Å². The van der Waals surface area contributed by atoms with Crippen LogP contribution >= 0.6 is 0 Å². The Labute approximate surface area is 181 Å². The third kappa shape index (κ3) is 3.79. The van der Waals surface area contributed by atoms with Gasteiger partial charge >= 0.3 is 0 Å². The van der Waals surface area contributed by atoms with Crippen LogP contribution < -0.4 is 16.4 Å². The number of aliphatic imine (C=N–C) groups is 1. The van der Waals surface area contributed by atoms with Gasteiger partial charge < -0.3 is 10.6 Å². The molecule has 1 heterocycles. The molecule has 0 aromatic heterocycles. The maximum absolute atomic E-state index is 13.8. The van der Waals surface area contributed by atoms with Crippen molar-refractivity contribution in [1.82, 2.24) is 0 Å². The molecule has 0 saturated carbocycles. The first-order chi connectivity index (χ1) is 14.9. The molecule has 1 aliphatic heterocycles. The summed E-state index contributed by atoms with van der Waals surface area (Å²) in [7, 11) is 0. The van der Waals surface area contributed by atoms with E-state index in [-0.39, 0.29) is 6.54 Å². The van der Waals surface area contributed by atoms with E-state index >= 15 is 0 Å². The number of amides is 1. The van der Waals surface area contributed by atoms with Crippen molar-refractivity contribution in [2.75, 3.05) is 4.90 Å². The molecule has 0 radical (unpaired) electrons. The highest BCUT2D eigenvalue weighted by Crippen LogP contribution is 2.32. The SMILES string of the molecule is C[C@H](N)C(=O)C1(N)N=C(c2ccccc2)c2ccccc2N(Cc2ccccc2)C1=O. The molecule has 3 aromatic rings. The molecule has 4 N–H and O–H groups in total. The summed E-state index contributed by atoms with van der Waals surface area (Å²) >= 11 is 0. The molecule has 2 atom stereocenters. The Kier molecular flexibility index (Phi) is 5.50. The molecule has 0 fully saturated rings. The summed E-state index contributed by atoms with van der Waals surface area (Å²) in [5.74, 6) is -1.23. The molecule has 1 aliphatic rings. The zero-order valence-corrected chi connectivity index (χ0v) is 17.2. The van der Waals surface area contributed by atoms with Gasteiger partial charge in [0.05, 0.1) is 24.0 Å². The van der Waals surface area contributed by atoms with E-state index in [9.17, 15) is 9.59 Å². The van der Waals surface area contributed by atoms with Crippen molar-refractivity contribution < 1.29 is 9.59 Å². The lowest BCUT2D eigenvalue weighted by Crippen LogP contribution is -2.62. The first-order valence-corrected chi connectivity index (χ1v) is 10.1. The van der Waals surface area contributed by atoms with Crippen molar-refractivity contribution in [3.05, 3.63) is 102 Å². The van der Waals surface area contributed by atoms with Crippen molar-refractivity contribution in [3.8, 4) is 0 Å². The Hall–Kier alpha value is -3.61. The van der Waals surface area contributed by atoms with Crippen LogP contribution in [-0.4, -0.2) is 29.1 Å². The highest BCUT2D eigenvalue weighted by atomic mass is 16.2. The minimum absolute atomic E-state index is 0.249. The summed E-state index contributed by atoms with van der Waals surface area (Å²) in [6.07, 6.45) is 0. The van der Waals surface area contributed by atoms with E-state index in [1.807, 2.05) is 84.9 Å². The minimum atomic E-state index is -2.13. The van der Waals surface area contributed by atoms with E-state index in [4.69, 9.17) is 11.5 Å². The zero-order valence-electron chi connectivity index (χ0n) is 17.2. The third-order valence-corrected chi connectivity index (χ3v) is 5.33. The van der Waals surface area contributed by atoms with Gasteiger partial charge in [0.1, 0.15) is 0 Å². The van der Waals surface area contributed by atoms with Crippen LogP contribution in [-0.2, 0) is 16.1 Å². The number of para-hydroxylation sites is 1. The number of benzodiazepines with no additional fused rings is 1. The van der Waals surface area contributed by atoms with E-state index in [2.05, 4.69) is 4.99 Å². The number of rotatable bonds is 5. The third-order valence-electron chi connectivity index (χ3n) is 5.33. The fourth-order valence-corrected chi connectivity index (χ4v) is 3.76. The molecule has 0 bridgehead atoms. The van der Waals surface area contributed by atoms with E-state index in [0.717, 1.165) is 16.7 Å². The van der Waals surface area contributed by atoms with Gasteiger partial charge in [-0.1, -0.05) is 78.9 Å². The number of fused-ring (bicyclic) bond motifs is 1. The highest BCUT2D eigenvalue weighted by Gasteiger charge is 2.48. The average Bonchev–Trinajstić information content (AvgIpc) is 2.89. The van der Waals surface area contributed by atoms with Crippen LogP contribution in [0.4, 0.5) is 5.69 Å². The maximum atomic E-state index is 13.8. The summed E-state index contributed by atoms with van der Waals surface area (Å²) in [5.41, 5.74) is 13.8.